The second-order valence-electron chi connectivity index (χ2n) is 2.29. The molecule has 13 heavy (non-hydrogen) atoms. The molecule has 0 saturated carbocycles. The Morgan fingerprint density at radius 1 is 1.31 bits per heavy atom. The van der Waals surface area contributed by atoms with Crippen molar-refractivity contribution in [1.82, 2.24) is 0 Å². The fourth-order valence-corrected chi connectivity index (χ4v) is 1.19. The summed E-state index contributed by atoms with van der Waals surface area (Å²) in [5, 5.41) is 0.183. The van der Waals surface area contributed by atoms with Crippen LogP contribution in [-0.4, -0.2) is 12.2 Å². The molecule has 0 N–H and O–H groups in total. The van der Waals surface area contributed by atoms with Crippen LogP contribution in [0.15, 0.2) is 18.2 Å². The van der Waals surface area contributed by atoms with Crippen molar-refractivity contribution in [3.63, 3.8) is 0 Å². The van der Waals surface area contributed by atoms with E-state index in [1.165, 1.54) is 12.1 Å². The molecule has 0 aliphatic carbocycles. The second-order valence-corrected chi connectivity index (χ2v) is 3.13. The maximum absolute atomic E-state index is 12.0. The molecule has 5 heteroatoms. The third-order valence-electron chi connectivity index (χ3n) is 1.39. The molecule has 0 unspecified atom stereocenters. The summed E-state index contributed by atoms with van der Waals surface area (Å²) in [5.41, 5.74) is -0.246. The summed E-state index contributed by atoms with van der Waals surface area (Å²) in [7, 11) is 0. The van der Waals surface area contributed by atoms with Gasteiger partial charge in [0, 0.05) is 10.6 Å². The average Bonchev–Trinajstić information content (AvgIpc) is 2.08. The molecule has 0 aromatic heterocycles. The standard InChI is InChI=1S/C8H4Cl2F2O/c9-4-1-2-6(10)5(3-4)7(13)8(11)12/h1-3,8H. The molecule has 0 bridgehead atoms. The van der Waals surface area contributed by atoms with Gasteiger partial charge in [0.15, 0.2) is 0 Å². The van der Waals surface area contributed by atoms with E-state index in [0.29, 0.717) is 0 Å². The number of carbonyl (C=O) groups excluding carboxylic acids is 1. The molecule has 1 aromatic carbocycles. The molecule has 1 rings (SSSR count). The van der Waals surface area contributed by atoms with E-state index in [4.69, 9.17) is 23.2 Å². The van der Waals surface area contributed by atoms with Crippen molar-refractivity contribution >= 4 is 29.0 Å². The first-order chi connectivity index (χ1) is 6.02. The van der Waals surface area contributed by atoms with Gasteiger partial charge in [0.2, 0.25) is 5.78 Å². The van der Waals surface area contributed by atoms with Gasteiger partial charge in [0.25, 0.3) is 0 Å². The Morgan fingerprint density at radius 2 is 1.92 bits per heavy atom. The monoisotopic (exact) mass is 224 g/mol. The van der Waals surface area contributed by atoms with E-state index in [0.717, 1.165) is 6.07 Å². The first-order valence-electron chi connectivity index (χ1n) is 3.30. The molecule has 1 nitrogen and oxygen atoms in total. The minimum Gasteiger partial charge on any atom is -0.288 e. The maximum atomic E-state index is 12.0. The SMILES string of the molecule is O=C(c1cc(Cl)ccc1Cl)C(F)F. The summed E-state index contributed by atoms with van der Waals surface area (Å²) in [5.74, 6) is -1.31. The highest BCUT2D eigenvalue weighted by Crippen LogP contribution is 2.22. The number of hydrogen-bond acceptors (Lipinski definition) is 1. The highest BCUT2D eigenvalue weighted by Gasteiger charge is 2.20. The number of halogens is 4. The van der Waals surface area contributed by atoms with E-state index in [2.05, 4.69) is 0 Å². The maximum Gasteiger partial charge on any atom is 0.300 e. The van der Waals surface area contributed by atoms with E-state index in [9.17, 15) is 13.6 Å². The number of rotatable bonds is 2. The van der Waals surface area contributed by atoms with E-state index < -0.39 is 12.2 Å². The van der Waals surface area contributed by atoms with E-state index in [-0.39, 0.29) is 15.6 Å². The number of benzene rings is 1. The van der Waals surface area contributed by atoms with E-state index in [1.807, 2.05) is 0 Å². The predicted octanol–water partition coefficient (Wildman–Crippen LogP) is 3.44. The van der Waals surface area contributed by atoms with Crippen LogP contribution in [0.3, 0.4) is 0 Å². The summed E-state index contributed by atoms with van der Waals surface area (Å²) < 4.78 is 23.9. The molecular formula is C8H4Cl2F2O. The first kappa shape index (κ1) is 10.4. The number of ketones is 1. The summed E-state index contributed by atoms with van der Waals surface area (Å²) in [6, 6.07) is 3.85. The Balaban J connectivity index is 3.13. The Hall–Kier alpha value is -0.670. The third-order valence-corrected chi connectivity index (χ3v) is 1.96. The topological polar surface area (TPSA) is 17.1 Å². The van der Waals surface area contributed by atoms with Crippen LogP contribution in [0.2, 0.25) is 10.0 Å². The van der Waals surface area contributed by atoms with Crippen molar-refractivity contribution in [3.8, 4) is 0 Å². The van der Waals surface area contributed by atoms with Crippen LogP contribution in [0.5, 0.6) is 0 Å². The van der Waals surface area contributed by atoms with Crippen LogP contribution in [0.1, 0.15) is 10.4 Å². The minimum atomic E-state index is -3.06. The highest BCUT2D eigenvalue weighted by atomic mass is 35.5. The van der Waals surface area contributed by atoms with Crippen molar-refractivity contribution in [3.05, 3.63) is 33.8 Å². The number of carbonyl (C=O) groups is 1. The van der Waals surface area contributed by atoms with Crippen LogP contribution in [0.25, 0.3) is 0 Å². The van der Waals surface area contributed by atoms with Gasteiger partial charge in [0.05, 0.1) is 5.02 Å². The van der Waals surface area contributed by atoms with Gasteiger partial charge in [-0.15, -0.1) is 0 Å². The molecule has 0 radical (unpaired) electrons. The highest BCUT2D eigenvalue weighted by molar-refractivity contribution is 6.36. The molecule has 0 spiro atoms. The molecule has 0 atom stereocenters. The molecule has 0 aliphatic heterocycles. The van der Waals surface area contributed by atoms with Gasteiger partial charge >= 0.3 is 6.43 Å². The zero-order valence-corrected chi connectivity index (χ0v) is 7.74. The number of Topliss-reactive ketones (excluding diaryl/α,β-unsaturated/α-hetero) is 1. The van der Waals surface area contributed by atoms with Crippen LogP contribution in [-0.2, 0) is 0 Å². The largest absolute Gasteiger partial charge is 0.300 e. The summed E-state index contributed by atoms with van der Waals surface area (Å²) in [6.45, 7) is 0. The summed E-state index contributed by atoms with van der Waals surface area (Å²) >= 11 is 11.0. The second kappa shape index (κ2) is 4.03. The van der Waals surface area contributed by atoms with Crippen LogP contribution in [0.4, 0.5) is 8.78 Å². The molecule has 0 fully saturated rings. The minimum absolute atomic E-state index is 0.0188. The van der Waals surface area contributed by atoms with Crippen molar-refractivity contribution in [2.75, 3.05) is 0 Å². The number of alkyl halides is 2. The fourth-order valence-electron chi connectivity index (χ4n) is 0.804. The van der Waals surface area contributed by atoms with Crippen LogP contribution >= 0.6 is 23.2 Å². The first-order valence-corrected chi connectivity index (χ1v) is 4.05. The average molecular weight is 225 g/mol. The quantitative estimate of drug-likeness (QED) is 0.704. The molecule has 0 heterocycles. The summed E-state index contributed by atoms with van der Waals surface area (Å²) in [4.78, 5) is 10.8. The normalized spacial score (nSPS) is 10.5. The lowest BCUT2D eigenvalue weighted by Gasteiger charge is -2.02. The molecule has 0 amide bonds. The van der Waals surface area contributed by atoms with Crippen molar-refractivity contribution in [2.45, 2.75) is 6.43 Å². The Bertz CT molecular complexity index is 339. The Labute approximate surface area is 83.3 Å². The zero-order chi connectivity index (χ0) is 10.0. The van der Waals surface area contributed by atoms with Gasteiger partial charge in [-0.05, 0) is 18.2 Å². The van der Waals surface area contributed by atoms with Gasteiger partial charge in [-0.1, -0.05) is 23.2 Å². The number of hydrogen-bond donors (Lipinski definition) is 0. The molecule has 0 aliphatic rings. The van der Waals surface area contributed by atoms with Gasteiger partial charge in [-0.25, -0.2) is 8.78 Å². The van der Waals surface area contributed by atoms with Gasteiger partial charge in [-0.2, -0.15) is 0 Å². The third kappa shape index (κ3) is 2.39. The van der Waals surface area contributed by atoms with Gasteiger partial charge in [-0.3, -0.25) is 4.79 Å². The molecule has 0 saturated heterocycles. The zero-order valence-electron chi connectivity index (χ0n) is 6.23. The lowest BCUT2D eigenvalue weighted by molar-refractivity contribution is 0.0679. The molecule has 1 aromatic rings. The predicted molar refractivity (Wildman–Crippen MR) is 46.8 cm³/mol. The smallest absolute Gasteiger partial charge is 0.288 e. The van der Waals surface area contributed by atoms with Crippen molar-refractivity contribution < 1.29 is 13.6 Å². The lowest BCUT2D eigenvalue weighted by atomic mass is 10.1. The molecular weight excluding hydrogens is 221 g/mol. The Kier molecular flexibility index (Phi) is 3.22. The van der Waals surface area contributed by atoms with Gasteiger partial charge < -0.3 is 0 Å². The van der Waals surface area contributed by atoms with Crippen LogP contribution < -0.4 is 0 Å². The van der Waals surface area contributed by atoms with E-state index in [1.54, 1.807) is 0 Å². The fraction of sp³-hybridized carbons (Fsp3) is 0.125. The van der Waals surface area contributed by atoms with E-state index >= 15 is 0 Å². The molecule has 70 valence electrons. The van der Waals surface area contributed by atoms with Crippen LogP contribution in [0, 0.1) is 0 Å². The summed E-state index contributed by atoms with van der Waals surface area (Å²) in [6.07, 6.45) is -3.06. The Morgan fingerprint density at radius 3 is 2.46 bits per heavy atom. The van der Waals surface area contributed by atoms with Crippen molar-refractivity contribution in [2.24, 2.45) is 0 Å². The van der Waals surface area contributed by atoms with Crippen molar-refractivity contribution in [1.29, 1.82) is 0 Å². The lowest BCUT2D eigenvalue weighted by Crippen LogP contribution is -2.10. The van der Waals surface area contributed by atoms with Gasteiger partial charge in [0.1, 0.15) is 0 Å².